The molecule has 0 bridgehead atoms. The van der Waals surface area contributed by atoms with E-state index in [-0.39, 0.29) is 5.91 Å². The van der Waals surface area contributed by atoms with Crippen molar-refractivity contribution >= 4 is 17.7 Å². The van der Waals surface area contributed by atoms with Crippen molar-refractivity contribution in [3.8, 4) is 22.8 Å². The Morgan fingerprint density at radius 2 is 1.77 bits per heavy atom. The third-order valence-electron chi connectivity index (χ3n) is 3.82. The van der Waals surface area contributed by atoms with Gasteiger partial charge in [0.05, 0.1) is 12.9 Å². The van der Waals surface area contributed by atoms with E-state index in [1.165, 1.54) is 11.8 Å². The van der Waals surface area contributed by atoms with Crippen molar-refractivity contribution in [1.29, 1.82) is 0 Å². The zero-order valence-electron chi connectivity index (χ0n) is 14.9. The van der Waals surface area contributed by atoms with Gasteiger partial charge < -0.3 is 9.64 Å². The fraction of sp³-hybridized carbons (Fsp3) is 0.211. The number of ether oxygens (including phenoxy) is 1. The SMILES string of the molecule is COc1ccc(-c2nnc(SCC(=O)N(C)C)n2-c2ccccc2)cc1. The second-order valence-corrected chi connectivity index (χ2v) is 6.72. The van der Waals surface area contributed by atoms with Gasteiger partial charge in [0.15, 0.2) is 11.0 Å². The molecule has 0 radical (unpaired) electrons. The zero-order chi connectivity index (χ0) is 18.5. The first-order valence-corrected chi connectivity index (χ1v) is 9.07. The first kappa shape index (κ1) is 18.0. The van der Waals surface area contributed by atoms with Crippen molar-refractivity contribution in [2.45, 2.75) is 5.16 Å². The minimum Gasteiger partial charge on any atom is -0.497 e. The van der Waals surface area contributed by atoms with Crippen LogP contribution >= 0.6 is 11.8 Å². The molecule has 3 rings (SSSR count). The number of nitrogens with zero attached hydrogens (tertiary/aromatic N) is 4. The maximum absolute atomic E-state index is 11.9. The highest BCUT2D eigenvalue weighted by molar-refractivity contribution is 7.99. The molecule has 6 nitrogen and oxygen atoms in total. The number of rotatable bonds is 6. The van der Waals surface area contributed by atoms with Gasteiger partial charge >= 0.3 is 0 Å². The zero-order valence-corrected chi connectivity index (χ0v) is 15.7. The number of benzene rings is 2. The molecule has 3 aromatic rings. The van der Waals surface area contributed by atoms with E-state index in [2.05, 4.69) is 10.2 Å². The number of thioether (sulfide) groups is 1. The Bertz CT molecular complexity index is 876. The Labute approximate surface area is 156 Å². The van der Waals surface area contributed by atoms with Gasteiger partial charge in [0, 0.05) is 25.3 Å². The van der Waals surface area contributed by atoms with Gasteiger partial charge in [0.1, 0.15) is 5.75 Å². The summed E-state index contributed by atoms with van der Waals surface area (Å²) in [6, 6.07) is 17.6. The van der Waals surface area contributed by atoms with Crippen molar-refractivity contribution in [1.82, 2.24) is 19.7 Å². The minimum atomic E-state index is 0.0311. The molecule has 0 unspecified atom stereocenters. The molecule has 7 heteroatoms. The van der Waals surface area contributed by atoms with Crippen LogP contribution in [-0.4, -0.2) is 52.5 Å². The van der Waals surface area contributed by atoms with Crippen molar-refractivity contribution in [3.05, 3.63) is 54.6 Å². The maximum atomic E-state index is 11.9. The summed E-state index contributed by atoms with van der Waals surface area (Å²) in [7, 11) is 5.12. The number of carbonyl (C=O) groups excluding carboxylic acids is 1. The van der Waals surface area contributed by atoms with E-state index >= 15 is 0 Å². The van der Waals surface area contributed by atoms with Crippen molar-refractivity contribution < 1.29 is 9.53 Å². The van der Waals surface area contributed by atoms with Crippen LogP contribution in [0.1, 0.15) is 0 Å². The summed E-state index contributed by atoms with van der Waals surface area (Å²) >= 11 is 1.37. The molecular formula is C19H20N4O2S. The van der Waals surface area contributed by atoms with Crippen LogP contribution in [0.4, 0.5) is 0 Å². The summed E-state index contributed by atoms with van der Waals surface area (Å²) in [6.07, 6.45) is 0. The summed E-state index contributed by atoms with van der Waals surface area (Å²) in [5.74, 6) is 1.84. The van der Waals surface area contributed by atoms with E-state index in [9.17, 15) is 4.79 Å². The van der Waals surface area contributed by atoms with E-state index in [1.54, 1.807) is 26.1 Å². The van der Waals surface area contributed by atoms with Crippen LogP contribution in [0.15, 0.2) is 59.8 Å². The predicted octanol–water partition coefficient (Wildman–Crippen LogP) is 3.12. The molecule has 1 heterocycles. The standard InChI is InChI=1S/C19H20N4O2S/c1-22(2)17(24)13-26-19-21-20-18(14-9-11-16(25-3)12-10-14)23(19)15-7-5-4-6-8-15/h4-12H,13H2,1-3H3. The van der Waals surface area contributed by atoms with Gasteiger partial charge in [0.2, 0.25) is 5.91 Å². The number of carbonyl (C=O) groups is 1. The van der Waals surface area contributed by atoms with Crippen molar-refractivity contribution in [2.75, 3.05) is 27.0 Å². The summed E-state index contributed by atoms with van der Waals surface area (Å²) in [5, 5.41) is 9.36. The monoisotopic (exact) mass is 368 g/mol. The van der Waals surface area contributed by atoms with Gasteiger partial charge in [-0.25, -0.2) is 0 Å². The van der Waals surface area contributed by atoms with E-state index in [1.807, 2.05) is 59.2 Å². The number of aromatic nitrogens is 3. The molecule has 1 aromatic heterocycles. The maximum Gasteiger partial charge on any atom is 0.232 e. The lowest BCUT2D eigenvalue weighted by molar-refractivity contribution is -0.125. The number of para-hydroxylation sites is 1. The van der Waals surface area contributed by atoms with Crippen molar-refractivity contribution in [3.63, 3.8) is 0 Å². The lowest BCUT2D eigenvalue weighted by Gasteiger charge is -2.12. The fourth-order valence-electron chi connectivity index (χ4n) is 2.36. The lowest BCUT2D eigenvalue weighted by atomic mass is 10.2. The van der Waals surface area contributed by atoms with Gasteiger partial charge in [-0.15, -0.1) is 10.2 Å². The molecular weight excluding hydrogens is 348 g/mol. The van der Waals surface area contributed by atoms with Crippen molar-refractivity contribution in [2.24, 2.45) is 0 Å². The third kappa shape index (κ3) is 3.88. The molecule has 0 N–H and O–H groups in total. The summed E-state index contributed by atoms with van der Waals surface area (Å²) in [5.41, 5.74) is 1.87. The highest BCUT2D eigenvalue weighted by Gasteiger charge is 2.17. The molecule has 0 aliphatic heterocycles. The Hall–Kier alpha value is -2.80. The fourth-order valence-corrected chi connectivity index (χ4v) is 3.29. The van der Waals surface area contributed by atoms with Gasteiger partial charge in [-0.2, -0.15) is 0 Å². The molecule has 2 aromatic carbocycles. The number of hydrogen-bond donors (Lipinski definition) is 0. The van der Waals surface area contributed by atoms with E-state index in [0.717, 1.165) is 22.8 Å². The number of hydrogen-bond acceptors (Lipinski definition) is 5. The van der Waals surface area contributed by atoms with Crippen LogP contribution in [0.3, 0.4) is 0 Å². The van der Waals surface area contributed by atoms with E-state index < -0.39 is 0 Å². The first-order chi connectivity index (χ1) is 12.6. The first-order valence-electron chi connectivity index (χ1n) is 8.08. The molecule has 0 spiro atoms. The highest BCUT2D eigenvalue weighted by Crippen LogP contribution is 2.29. The molecule has 0 atom stereocenters. The number of amides is 1. The van der Waals surface area contributed by atoms with Crippen LogP contribution in [0.5, 0.6) is 5.75 Å². The Kier molecular flexibility index (Phi) is 5.58. The lowest BCUT2D eigenvalue weighted by Crippen LogP contribution is -2.23. The average Bonchev–Trinajstić information content (AvgIpc) is 3.10. The Balaban J connectivity index is 2.00. The van der Waals surface area contributed by atoms with E-state index in [4.69, 9.17) is 4.74 Å². The van der Waals surface area contributed by atoms with Crippen LogP contribution < -0.4 is 4.74 Å². The highest BCUT2D eigenvalue weighted by atomic mass is 32.2. The van der Waals surface area contributed by atoms with Crippen LogP contribution in [0.25, 0.3) is 17.1 Å². The second kappa shape index (κ2) is 8.05. The third-order valence-corrected chi connectivity index (χ3v) is 4.73. The average molecular weight is 368 g/mol. The Morgan fingerprint density at radius 1 is 1.08 bits per heavy atom. The van der Waals surface area contributed by atoms with Gasteiger partial charge in [-0.3, -0.25) is 9.36 Å². The normalized spacial score (nSPS) is 10.6. The summed E-state index contributed by atoms with van der Waals surface area (Å²) in [6.45, 7) is 0. The van der Waals surface area contributed by atoms with E-state index in [0.29, 0.717) is 10.9 Å². The van der Waals surface area contributed by atoms with Gasteiger partial charge in [-0.1, -0.05) is 30.0 Å². The molecule has 26 heavy (non-hydrogen) atoms. The molecule has 134 valence electrons. The summed E-state index contributed by atoms with van der Waals surface area (Å²) in [4.78, 5) is 13.5. The second-order valence-electron chi connectivity index (χ2n) is 5.78. The molecule has 1 amide bonds. The van der Waals surface area contributed by atoms with Crippen LogP contribution in [0, 0.1) is 0 Å². The van der Waals surface area contributed by atoms with Gasteiger partial charge in [-0.05, 0) is 36.4 Å². The molecule has 0 saturated heterocycles. The number of methoxy groups -OCH3 is 1. The minimum absolute atomic E-state index is 0.0311. The molecule has 0 aliphatic rings. The Morgan fingerprint density at radius 3 is 2.38 bits per heavy atom. The van der Waals surface area contributed by atoms with Crippen LogP contribution in [-0.2, 0) is 4.79 Å². The largest absolute Gasteiger partial charge is 0.497 e. The molecule has 0 saturated carbocycles. The predicted molar refractivity (Wildman–Crippen MR) is 103 cm³/mol. The summed E-state index contributed by atoms with van der Waals surface area (Å²) < 4.78 is 7.19. The van der Waals surface area contributed by atoms with Crippen LogP contribution in [0.2, 0.25) is 0 Å². The molecule has 0 fully saturated rings. The van der Waals surface area contributed by atoms with Gasteiger partial charge in [0.25, 0.3) is 0 Å². The molecule has 0 aliphatic carbocycles. The topological polar surface area (TPSA) is 60.3 Å². The quantitative estimate of drug-likeness (QED) is 0.626. The smallest absolute Gasteiger partial charge is 0.232 e.